The number of para-hydroxylation sites is 1. The molecule has 24 heavy (non-hydrogen) atoms. The first kappa shape index (κ1) is 16.5. The summed E-state index contributed by atoms with van der Waals surface area (Å²) in [7, 11) is -2.16. The smallest absolute Gasteiger partial charge is 0.238 e. The molecule has 7 heteroatoms. The maximum atomic E-state index is 12.7. The van der Waals surface area contributed by atoms with E-state index in [1.807, 2.05) is 24.3 Å². The summed E-state index contributed by atoms with van der Waals surface area (Å²) in [5.41, 5.74) is 0.797. The van der Waals surface area contributed by atoms with Crippen molar-refractivity contribution < 1.29 is 17.9 Å². The van der Waals surface area contributed by atoms with Gasteiger partial charge in [-0.3, -0.25) is 4.79 Å². The Hall–Kier alpha value is -2.38. The summed E-state index contributed by atoms with van der Waals surface area (Å²) in [6, 6.07) is 13.3. The van der Waals surface area contributed by atoms with Crippen molar-refractivity contribution in [1.82, 2.24) is 0 Å². The number of ether oxygens (including phenoxy) is 1. The minimum Gasteiger partial charge on any atom is -0.496 e. The van der Waals surface area contributed by atoms with Gasteiger partial charge in [-0.15, -0.1) is 0 Å². The predicted molar refractivity (Wildman–Crippen MR) is 90.4 cm³/mol. The number of sulfonamides is 1. The number of hydrogen-bond acceptors (Lipinski definition) is 4. The maximum Gasteiger partial charge on any atom is 0.238 e. The molecule has 1 aliphatic carbocycles. The van der Waals surface area contributed by atoms with Crippen LogP contribution in [0.4, 0.5) is 5.69 Å². The first-order valence-electron chi connectivity index (χ1n) is 7.45. The van der Waals surface area contributed by atoms with E-state index in [0.717, 1.165) is 18.4 Å². The molecule has 1 fully saturated rings. The molecule has 1 saturated carbocycles. The number of amides is 1. The minimum absolute atomic E-state index is 0.00589. The zero-order valence-electron chi connectivity index (χ0n) is 13.2. The molecular formula is C17H18N2O4S. The molecule has 1 aliphatic rings. The van der Waals surface area contributed by atoms with E-state index in [2.05, 4.69) is 5.32 Å². The molecule has 0 unspecified atom stereocenters. The summed E-state index contributed by atoms with van der Waals surface area (Å²) in [6.07, 6.45) is 1.49. The van der Waals surface area contributed by atoms with Crippen LogP contribution in [-0.4, -0.2) is 21.4 Å². The lowest BCUT2D eigenvalue weighted by atomic mass is 9.94. The summed E-state index contributed by atoms with van der Waals surface area (Å²) < 4.78 is 27.9. The first-order valence-corrected chi connectivity index (χ1v) is 8.99. The van der Waals surface area contributed by atoms with Gasteiger partial charge in [0.25, 0.3) is 0 Å². The minimum atomic E-state index is -3.75. The Labute approximate surface area is 140 Å². The Balaban J connectivity index is 1.82. The van der Waals surface area contributed by atoms with Crippen molar-refractivity contribution in [3.05, 3.63) is 54.1 Å². The molecule has 0 aromatic heterocycles. The van der Waals surface area contributed by atoms with Crippen molar-refractivity contribution >= 4 is 21.6 Å². The van der Waals surface area contributed by atoms with Crippen LogP contribution in [0.15, 0.2) is 53.4 Å². The number of benzene rings is 2. The van der Waals surface area contributed by atoms with Crippen LogP contribution < -0.4 is 15.2 Å². The standard InChI is InChI=1S/C17H18N2O4S/c1-23-15-5-3-2-4-14(15)17(10-11-17)16(20)19-12-6-8-13(9-7-12)24(18,21)22/h2-9H,10-11H2,1H3,(H,19,20)(H2,18,21,22). The molecule has 2 aromatic rings. The van der Waals surface area contributed by atoms with Gasteiger partial charge >= 0.3 is 0 Å². The van der Waals surface area contributed by atoms with Crippen molar-refractivity contribution in [2.24, 2.45) is 5.14 Å². The molecule has 0 heterocycles. The zero-order chi connectivity index (χ0) is 17.4. The Kier molecular flexibility index (Phi) is 4.06. The highest BCUT2D eigenvalue weighted by molar-refractivity contribution is 7.89. The maximum absolute atomic E-state index is 12.7. The van der Waals surface area contributed by atoms with Gasteiger partial charge < -0.3 is 10.1 Å². The average molecular weight is 346 g/mol. The summed E-state index contributed by atoms with van der Waals surface area (Å²) in [5.74, 6) is 0.560. The summed E-state index contributed by atoms with van der Waals surface area (Å²) in [4.78, 5) is 12.7. The highest BCUT2D eigenvalue weighted by Crippen LogP contribution is 2.51. The van der Waals surface area contributed by atoms with Gasteiger partial charge in [0.2, 0.25) is 15.9 Å². The van der Waals surface area contributed by atoms with Gasteiger partial charge in [-0.1, -0.05) is 18.2 Å². The number of anilines is 1. The number of carbonyl (C=O) groups excluding carboxylic acids is 1. The highest BCUT2D eigenvalue weighted by atomic mass is 32.2. The highest BCUT2D eigenvalue weighted by Gasteiger charge is 2.52. The van der Waals surface area contributed by atoms with E-state index < -0.39 is 15.4 Å². The molecule has 0 spiro atoms. The van der Waals surface area contributed by atoms with Gasteiger partial charge in [0, 0.05) is 11.3 Å². The topological polar surface area (TPSA) is 98.5 Å². The molecule has 0 atom stereocenters. The second-order valence-corrected chi connectivity index (χ2v) is 7.37. The van der Waals surface area contributed by atoms with Crippen molar-refractivity contribution in [3.8, 4) is 5.75 Å². The third-order valence-corrected chi connectivity index (χ3v) is 5.18. The zero-order valence-corrected chi connectivity index (χ0v) is 14.0. The van der Waals surface area contributed by atoms with Crippen LogP contribution in [0.1, 0.15) is 18.4 Å². The second-order valence-electron chi connectivity index (χ2n) is 5.81. The first-order chi connectivity index (χ1) is 11.4. The van der Waals surface area contributed by atoms with Crippen molar-refractivity contribution in [2.75, 3.05) is 12.4 Å². The van der Waals surface area contributed by atoms with Crippen molar-refractivity contribution in [2.45, 2.75) is 23.2 Å². The molecule has 1 amide bonds. The molecule has 0 aliphatic heterocycles. The molecule has 0 bridgehead atoms. The van der Waals surface area contributed by atoms with Gasteiger partial charge in [-0.2, -0.15) is 0 Å². The monoisotopic (exact) mass is 346 g/mol. The lowest BCUT2D eigenvalue weighted by Crippen LogP contribution is -2.28. The second kappa shape index (κ2) is 5.92. The van der Waals surface area contributed by atoms with Gasteiger partial charge in [0.15, 0.2) is 0 Å². The third-order valence-electron chi connectivity index (χ3n) is 4.25. The third kappa shape index (κ3) is 3.00. The van der Waals surface area contributed by atoms with Crippen LogP contribution in [0.3, 0.4) is 0 Å². The number of nitrogens with two attached hydrogens (primary N) is 1. The van der Waals surface area contributed by atoms with Crippen LogP contribution in [0.5, 0.6) is 5.75 Å². The molecule has 0 saturated heterocycles. The molecule has 3 rings (SSSR count). The fourth-order valence-electron chi connectivity index (χ4n) is 2.76. The molecular weight excluding hydrogens is 328 g/mol. The fourth-order valence-corrected chi connectivity index (χ4v) is 3.28. The Morgan fingerprint density at radius 2 is 1.75 bits per heavy atom. The van der Waals surface area contributed by atoms with E-state index in [0.29, 0.717) is 11.4 Å². The number of methoxy groups -OCH3 is 1. The summed E-state index contributed by atoms with van der Waals surface area (Å²) in [6.45, 7) is 0. The lowest BCUT2D eigenvalue weighted by molar-refractivity contribution is -0.118. The normalized spacial score (nSPS) is 15.6. The SMILES string of the molecule is COc1ccccc1C1(C(=O)Nc2ccc(S(N)(=O)=O)cc2)CC1. The number of nitrogens with one attached hydrogen (secondary N) is 1. The quantitative estimate of drug-likeness (QED) is 0.865. The molecule has 0 radical (unpaired) electrons. The Morgan fingerprint density at radius 1 is 1.12 bits per heavy atom. The number of rotatable bonds is 5. The van der Waals surface area contributed by atoms with E-state index in [-0.39, 0.29) is 10.8 Å². The van der Waals surface area contributed by atoms with E-state index in [1.54, 1.807) is 7.11 Å². The lowest BCUT2D eigenvalue weighted by Gasteiger charge is -2.18. The number of primary sulfonamides is 1. The molecule has 6 nitrogen and oxygen atoms in total. The number of carbonyl (C=O) groups is 1. The van der Waals surface area contributed by atoms with Crippen LogP contribution >= 0.6 is 0 Å². The van der Waals surface area contributed by atoms with Gasteiger partial charge in [0.05, 0.1) is 17.4 Å². The fraction of sp³-hybridized carbons (Fsp3) is 0.235. The summed E-state index contributed by atoms with van der Waals surface area (Å²) in [5, 5.41) is 7.91. The van der Waals surface area contributed by atoms with E-state index >= 15 is 0 Å². The van der Waals surface area contributed by atoms with Gasteiger partial charge in [-0.05, 0) is 43.2 Å². The van der Waals surface area contributed by atoms with Crippen molar-refractivity contribution in [1.29, 1.82) is 0 Å². The van der Waals surface area contributed by atoms with Crippen LogP contribution in [-0.2, 0) is 20.2 Å². The molecule has 126 valence electrons. The number of hydrogen-bond donors (Lipinski definition) is 2. The average Bonchev–Trinajstić information content (AvgIpc) is 3.36. The molecule has 3 N–H and O–H groups in total. The van der Waals surface area contributed by atoms with Crippen molar-refractivity contribution in [3.63, 3.8) is 0 Å². The van der Waals surface area contributed by atoms with Crippen LogP contribution in [0, 0.1) is 0 Å². The van der Waals surface area contributed by atoms with E-state index in [9.17, 15) is 13.2 Å². The van der Waals surface area contributed by atoms with Gasteiger partial charge in [-0.25, -0.2) is 13.6 Å². The van der Waals surface area contributed by atoms with Crippen LogP contribution in [0.2, 0.25) is 0 Å². The summed E-state index contributed by atoms with van der Waals surface area (Å²) >= 11 is 0. The molecule has 2 aromatic carbocycles. The predicted octanol–water partition coefficient (Wildman–Crippen LogP) is 2.01. The Morgan fingerprint density at radius 3 is 2.29 bits per heavy atom. The Bertz CT molecular complexity index is 872. The van der Waals surface area contributed by atoms with E-state index in [1.165, 1.54) is 24.3 Å². The van der Waals surface area contributed by atoms with Gasteiger partial charge in [0.1, 0.15) is 5.75 Å². The van der Waals surface area contributed by atoms with Crippen LogP contribution in [0.25, 0.3) is 0 Å². The largest absolute Gasteiger partial charge is 0.496 e. The van der Waals surface area contributed by atoms with E-state index in [4.69, 9.17) is 9.88 Å².